The number of carboxylic acids is 1. The van der Waals surface area contributed by atoms with Gasteiger partial charge in [-0.05, 0) is 32.1 Å². The lowest BCUT2D eigenvalue weighted by molar-refractivity contribution is -0.164. The maximum atomic E-state index is 11.9. The van der Waals surface area contributed by atoms with Crippen LogP contribution in [0.15, 0.2) is 12.7 Å². The Morgan fingerprint density at radius 2 is 1.28 bits per heavy atom. The average Bonchev–Trinajstić information content (AvgIpc) is 2.70. The van der Waals surface area contributed by atoms with Crippen molar-refractivity contribution in [2.45, 2.75) is 135 Å². The Labute approximate surface area is 179 Å². The summed E-state index contributed by atoms with van der Waals surface area (Å²) in [4.78, 5) is 23.3. The molecule has 0 radical (unpaired) electrons. The highest BCUT2D eigenvalue weighted by Crippen LogP contribution is 2.14. The Kier molecular flexibility index (Phi) is 20.4. The Hall–Kier alpha value is -1.32. The zero-order valence-electron chi connectivity index (χ0n) is 19.0. The van der Waals surface area contributed by atoms with Gasteiger partial charge < -0.3 is 9.84 Å². The van der Waals surface area contributed by atoms with Crippen molar-refractivity contribution in [2.24, 2.45) is 0 Å². The number of carboxylic acid groups (broad SMARTS) is 1. The van der Waals surface area contributed by atoms with Gasteiger partial charge in [-0.1, -0.05) is 96.5 Å². The highest BCUT2D eigenvalue weighted by Gasteiger charge is 2.21. The fourth-order valence-electron chi connectivity index (χ4n) is 3.53. The molecule has 0 aromatic rings. The van der Waals surface area contributed by atoms with Crippen LogP contribution in [0.5, 0.6) is 0 Å². The number of hydrogen-bond acceptors (Lipinski definition) is 3. The predicted molar refractivity (Wildman–Crippen MR) is 121 cm³/mol. The van der Waals surface area contributed by atoms with E-state index in [4.69, 9.17) is 4.74 Å². The van der Waals surface area contributed by atoms with Crippen molar-refractivity contribution >= 4 is 11.9 Å². The summed E-state index contributed by atoms with van der Waals surface area (Å²) in [6.07, 6.45) is 21.3. The van der Waals surface area contributed by atoms with E-state index in [1.807, 2.05) is 6.08 Å². The van der Waals surface area contributed by atoms with Gasteiger partial charge in [-0.3, -0.25) is 4.79 Å². The number of carbonyl (C=O) groups excluding carboxylic acids is 1. The van der Waals surface area contributed by atoms with Gasteiger partial charge in [-0.2, -0.15) is 0 Å². The van der Waals surface area contributed by atoms with Gasteiger partial charge in [0.1, 0.15) is 0 Å². The quantitative estimate of drug-likeness (QED) is 0.113. The number of esters is 1. The Morgan fingerprint density at radius 1 is 0.793 bits per heavy atom. The topological polar surface area (TPSA) is 63.6 Å². The number of unbranched alkanes of at least 4 members (excludes halogenated alkanes) is 15. The van der Waals surface area contributed by atoms with Crippen LogP contribution in [-0.4, -0.2) is 23.1 Å². The van der Waals surface area contributed by atoms with Crippen LogP contribution < -0.4 is 0 Å². The Morgan fingerprint density at radius 3 is 1.79 bits per heavy atom. The molecule has 1 unspecified atom stereocenters. The molecule has 0 aliphatic carbocycles. The first-order chi connectivity index (χ1) is 14.1. The summed E-state index contributed by atoms with van der Waals surface area (Å²) in [5.74, 6) is -1.38. The second-order valence-corrected chi connectivity index (χ2v) is 8.24. The van der Waals surface area contributed by atoms with E-state index >= 15 is 0 Å². The molecule has 0 spiro atoms. The molecule has 4 heteroatoms. The third-order valence-corrected chi connectivity index (χ3v) is 5.41. The van der Waals surface area contributed by atoms with Gasteiger partial charge in [-0.15, -0.1) is 6.58 Å². The first kappa shape index (κ1) is 27.7. The summed E-state index contributed by atoms with van der Waals surface area (Å²) in [6, 6.07) is 0. The van der Waals surface area contributed by atoms with Crippen LogP contribution >= 0.6 is 0 Å². The van der Waals surface area contributed by atoms with E-state index in [2.05, 4.69) is 13.5 Å². The first-order valence-corrected chi connectivity index (χ1v) is 12.1. The van der Waals surface area contributed by atoms with E-state index in [-0.39, 0.29) is 5.97 Å². The Balaban J connectivity index is 3.66. The molecule has 0 aromatic heterocycles. The van der Waals surface area contributed by atoms with Crippen molar-refractivity contribution in [3.8, 4) is 0 Å². The minimum absolute atomic E-state index is 0.328. The number of aliphatic carboxylic acids is 1. The third kappa shape index (κ3) is 19.8. The molecule has 0 rings (SSSR count). The Bertz CT molecular complexity index is 406. The molecule has 0 saturated carbocycles. The van der Waals surface area contributed by atoms with E-state index < -0.39 is 12.1 Å². The van der Waals surface area contributed by atoms with Crippen molar-refractivity contribution in [2.75, 3.05) is 0 Å². The highest BCUT2D eigenvalue weighted by atomic mass is 16.6. The van der Waals surface area contributed by atoms with Crippen LogP contribution in [0.2, 0.25) is 0 Å². The van der Waals surface area contributed by atoms with Gasteiger partial charge in [0.15, 0.2) is 6.10 Å². The van der Waals surface area contributed by atoms with Crippen molar-refractivity contribution in [3.63, 3.8) is 0 Å². The summed E-state index contributed by atoms with van der Waals surface area (Å²) in [5, 5.41) is 9.29. The molecule has 0 aromatic carbocycles. The minimum Gasteiger partial charge on any atom is -0.479 e. The number of rotatable bonds is 22. The van der Waals surface area contributed by atoms with Gasteiger partial charge in [0.25, 0.3) is 0 Å². The predicted octanol–water partition coefficient (Wildman–Crippen LogP) is 7.60. The van der Waals surface area contributed by atoms with Crippen molar-refractivity contribution in [3.05, 3.63) is 12.7 Å². The smallest absolute Gasteiger partial charge is 0.345 e. The standard InChI is InChI=1S/C25H46O4/c1-3-5-7-9-11-13-14-15-17-19-21-23(25(27)28)29-24(26)22-20-18-16-12-10-8-6-4-2/h4,23H,2-3,5-22H2,1H3,(H,27,28). The van der Waals surface area contributed by atoms with Crippen LogP contribution in [0, 0.1) is 0 Å². The summed E-state index contributed by atoms with van der Waals surface area (Å²) >= 11 is 0. The largest absolute Gasteiger partial charge is 0.479 e. The molecule has 0 bridgehead atoms. The number of allylic oxidation sites excluding steroid dienone is 1. The second kappa shape index (κ2) is 21.4. The lowest BCUT2D eigenvalue weighted by Gasteiger charge is -2.13. The summed E-state index contributed by atoms with van der Waals surface area (Å²) in [6.45, 7) is 5.95. The van der Waals surface area contributed by atoms with Gasteiger partial charge in [0.05, 0.1) is 0 Å². The molecule has 1 N–H and O–H groups in total. The average molecular weight is 411 g/mol. The monoisotopic (exact) mass is 410 g/mol. The minimum atomic E-state index is -1.02. The maximum absolute atomic E-state index is 11.9. The van der Waals surface area contributed by atoms with Crippen molar-refractivity contribution in [1.82, 2.24) is 0 Å². The normalized spacial score (nSPS) is 11.9. The van der Waals surface area contributed by atoms with Crippen LogP contribution in [0.4, 0.5) is 0 Å². The molecule has 170 valence electrons. The maximum Gasteiger partial charge on any atom is 0.345 e. The molecule has 4 nitrogen and oxygen atoms in total. The van der Waals surface area contributed by atoms with E-state index in [1.165, 1.54) is 64.2 Å². The van der Waals surface area contributed by atoms with Crippen LogP contribution in [0.25, 0.3) is 0 Å². The second-order valence-electron chi connectivity index (χ2n) is 8.24. The fraction of sp³-hybridized carbons (Fsp3) is 0.840. The van der Waals surface area contributed by atoms with E-state index in [9.17, 15) is 14.7 Å². The summed E-state index contributed by atoms with van der Waals surface area (Å²) in [5.41, 5.74) is 0. The number of hydrogen-bond donors (Lipinski definition) is 1. The molecule has 1 atom stereocenters. The molecular weight excluding hydrogens is 364 g/mol. The zero-order chi connectivity index (χ0) is 21.6. The SMILES string of the molecule is C=CCCCCCCCCC(=O)OC(CCCCCCCCCCCC)C(=O)O. The van der Waals surface area contributed by atoms with Crippen LogP contribution in [-0.2, 0) is 14.3 Å². The molecule has 29 heavy (non-hydrogen) atoms. The van der Waals surface area contributed by atoms with Crippen molar-refractivity contribution < 1.29 is 19.4 Å². The van der Waals surface area contributed by atoms with Gasteiger partial charge in [-0.25, -0.2) is 4.79 Å². The fourth-order valence-corrected chi connectivity index (χ4v) is 3.53. The van der Waals surface area contributed by atoms with Gasteiger partial charge in [0.2, 0.25) is 0 Å². The van der Waals surface area contributed by atoms with E-state index in [0.717, 1.165) is 44.9 Å². The molecule has 0 fully saturated rings. The zero-order valence-corrected chi connectivity index (χ0v) is 19.0. The van der Waals surface area contributed by atoms with Crippen LogP contribution in [0.3, 0.4) is 0 Å². The molecule has 0 aliphatic rings. The lowest BCUT2D eigenvalue weighted by atomic mass is 10.0. The number of ether oxygens (including phenoxy) is 1. The lowest BCUT2D eigenvalue weighted by Crippen LogP contribution is -2.27. The summed E-state index contributed by atoms with van der Waals surface area (Å²) in [7, 11) is 0. The molecule has 0 aliphatic heterocycles. The van der Waals surface area contributed by atoms with Gasteiger partial charge in [0, 0.05) is 6.42 Å². The molecule has 0 amide bonds. The molecule has 0 saturated heterocycles. The van der Waals surface area contributed by atoms with E-state index in [1.54, 1.807) is 0 Å². The van der Waals surface area contributed by atoms with Crippen LogP contribution in [0.1, 0.15) is 129 Å². The molecule has 0 heterocycles. The first-order valence-electron chi connectivity index (χ1n) is 12.1. The van der Waals surface area contributed by atoms with Crippen molar-refractivity contribution in [1.29, 1.82) is 0 Å². The van der Waals surface area contributed by atoms with E-state index in [0.29, 0.717) is 12.8 Å². The van der Waals surface area contributed by atoms with Gasteiger partial charge >= 0.3 is 11.9 Å². The number of carbonyl (C=O) groups is 2. The third-order valence-electron chi connectivity index (χ3n) is 5.41. The highest BCUT2D eigenvalue weighted by molar-refractivity contribution is 5.77. The molecular formula is C25H46O4. The summed E-state index contributed by atoms with van der Waals surface area (Å²) < 4.78 is 5.20.